The van der Waals surface area contributed by atoms with Gasteiger partial charge < -0.3 is 15.8 Å². The number of aromatic nitrogens is 1. The predicted molar refractivity (Wildman–Crippen MR) is 82.2 cm³/mol. The first-order chi connectivity index (χ1) is 10.2. The molecule has 6 heteroatoms. The van der Waals surface area contributed by atoms with Gasteiger partial charge in [0.1, 0.15) is 5.56 Å². The van der Waals surface area contributed by atoms with Gasteiger partial charge in [0, 0.05) is 22.0 Å². The zero-order valence-corrected chi connectivity index (χ0v) is 12.4. The van der Waals surface area contributed by atoms with Crippen LogP contribution in [0.15, 0.2) is 29.8 Å². The Hall–Kier alpha value is -2.36. The second-order valence-electron chi connectivity index (χ2n) is 4.05. The first-order valence-electron chi connectivity index (χ1n) is 6.28. The number of rotatable bonds is 4. The van der Waals surface area contributed by atoms with Gasteiger partial charge in [-0.05, 0) is 18.2 Å². The Morgan fingerprint density at radius 1 is 1.57 bits per heavy atom. The third-order valence-electron chi connectivity index (χ3n) is 2.62. The van der Waals surface area contributed by atoms with E-state index in [4.69, 9.17) is 10.5 Å². The minimum absolute atomic E-state index is 0.219. The van der Waals surface area contributed by atoms with Crippen molar-refractivity contribution in [2.24, 2.45) is 5.73 Å². The van der Waals surface area contributed by atoms with E-state index >= 15 is 0 Å². The monoisotopic (exact) mass is 301 g/mol. The fourth-order valence-corrected chi connectivity index (χ4v) is 2.44. The maximum atomic E-state index is 12.1. The van der Waals surface area contributed by atoms with Crippen LogP contribution >= 0.6 is 11.3 Å². The Morgan fingerprint density at radius 2 is 2.43 bits per heavy atom. The molecule has 0 saturated heterocycles. The summed E-state index contributed by atoms with van der Waals surface area (Å²) < 4.78 is 5.07. The maximum absolute atomic E-state index is 12.1. The standard InChI is InChI=1S/C15H15N3O2S/c1-20-15-13(5-3-7-17-15)14(19)18-9-12-8-11(10-21-12)4-2-6-16/h3,5,7-8,10H,6,9,16H2,1H3,(H,18,19). The Bertz CT molecular complexity index is 685. The van der Waals surface area contributed by atoms with Crippen molar-refractivity contribution in [3.63, 3.8) is 0 Å². The minimum Gasteiger partial charge on any atom is -0.480 e. The van der Waals surface area contributed by atoms with Crippen LogP contribution in [-0.2, 0) is 6.54 Å². The van der Waals surface area contributed by atoms with Gasteiger partial charge in [0.2, 0.25) is 5.88 Å². The highest BCUT2D eigenvalue weighted by Gasteiger charge is 2.12. The summed E-state index contributed by atoms with van der Waals surface area (Å²) in [6, 6.07) is 5.31. The van der Waals surface area contributed by atoms with Crippen molar-refractivity contribution in [2.75, 3.05) is 13.7 Å². The summed E-state index contributed by atoms with van der Waals surface area (Å²) in [6.07, 6.45) is 1.58. The third-order valence-corrected chi connectivity index (χ3v) is 3.56. The van der Waals surface area contributed by atoms with Crippen LogP contribution in [0.25, 0.3) is 0 Å². The van der Waals surface area contributed by atoms with Crippen LogP contribution < -0.4 is 15.8 Å². The summed E-state index contributed by atoms with van der Waals surface area (Å²) in [5, 5.41) is 4.78. The zero-order chi connectivity index (χ0) is 15.1. The summed E-state index contributed by atoms with van der Waals surface area (Å²) in [4.78, 5) is 17.1. The highest BCUT2D eigenvalue weighted by Crippen LogP contribution is 2.16. The minimum atomic E-state index is -0.219. The van der Waals surface area contributed by atoms with E-state index in [1.54, 1.807) is 29.7 Å². The lowest BCUT2D eigenvalue weighted by molar-refractivity contribution is 0.0947. The number of methoxy groups -OCH3 is 1. The van der Waals surface area contributed by atoms with Gasteiger partial charge >= 0.3 is 0 Å². The Morgan fingerprint density at radius 3 is 3.19 bits per heavy atom. The largest absolute Gasteiger partial charge is 0.480 e. The molecule has 0 aliphatic heterocycles. The fourth-order valence-electron chi connectivity index (χ4n) is 1.68. The van der Waals surface area contributed by atoms with E-state index in [1.165, 1.54) is 7.11 Å². The molecule has 0 unspecified atom stereocenters. The number of nitrogens with zero attached hydrogens (tertiary/aromatic N) is 1. The molecule has 0 aromatic carbocycles. The van der Waals surface area contributed by atoms with Crippen molar-refractivity contribution in [3.8, 4) is 17.7 Å². The van der Waals surface area contributed by atoms with Crippen molar-refractivity contribution in [1.82, 2.24) is 10.3 Å². The molecule has 2 rings (SSSR count). The van der Waals surface area contributed by atoms with E-state index in [2.05, 4.69) is 22.1 Å². The number of hydrogen-bond donors (Lipinski definition) is 2. The number of carbonyl (C=O) groups excluding carboxylic acids is 1. The number of pyridine rings is 1. The van der Waals surface area contributed by atoms with Gasteiger partial charge in [-0.3, -0.25) is 4.79 Å². The first kappa shape index (κ1) is 15.0. The van der Waals surface area contributed by atoms with Gasteiger partial charge in [0.25, 0.3) is 5.91 Å². The lowest BCUT2D eigenvalue weighted by atomic mass is 10.2. The van der Waals surface area contributed by atoms with Crippen LogP contribution in [0.2, 0.25) is 0 Å². The molecule has 0 radical (unpaired) electrons. The van der Waals surface area contributed by atoms with Crippen LogP contribution in [0, 0.1) is 11.8 Å². The molecule has 21 heavy (non-hydrogen) atoms. The molecular formula is C15H15N3O2S. The zero-order valence-electron chi connectivity index (χ0n) is 11.6. The summed E-state index contributed by atoms with van der Waals surface area (Å²) in [5.41, 5.74) is 6.66. The molecule has 1 amide bonds. The molecule has 3 N–H and O–H groups in total. The Balaban J connectivity index is 1.99. The van der Waals surface area contributed by atoms with E-state index in [0.29, 0.717) is 24.5 Å². The predicted octanol–water partition coefficient (Wildman–Crippen LogP) is 1.39. The topological polar surface area (TPSA) is 77.2 Å². The Kier molecular flexibility index (Phi) is 5.32. The molecule has 108 valence electrons. The number of amides is 1. The third kappa shape index (κ3) is 4.05. The summed E-state index contributed by atoms with van der Waals surface area (Å²) in [5.74, 6) is 5.85. The van der Waals surface area contributed by atoms with Crippen molar-refractivity contribution in [1.29, 1.82) is 0 Å². The van der Waals surface area contributed by atoms with E-state index in [1.807, 2.05) is 11.4 Å². The smallest absolute Gasteiger partial charge is 0.257 e. The number of thiophene rings is 1. The number of nitrogens with two attached hydrogens (primary N) is 1. The van der Waals surface area contributed by atoms with Gasteiger partial charge in [-0.2, -0.15) is 0 Å². The molecule has 0 saturated carbocycles. The highest BCUT2D eigenvalue weighted by molar-refractivity contribution is 7.10. The van der Waals surface area contributed by atoms with Crippen LogP contribution in [-0.4, -0.2) is 24.5 Å². The molecule has 2 aromatic heterocycles. The van der Waals surface area contributed by atoms with E-state index in [0.717, 1.165) is 10.4 Å². The molecule has 0 spiro atoms. The van der Waals surface area contributed by atoms with Crippen molar-refractivity contribution in [3.05, 3.63) is 45.8 Å². The SMILES string of the molecule is COc1ncccc1C(=O)NCc1cc(C#CCN)cs1. The molecule has 2 aromatic rings. The molecule has 0 bridgehead atoms. The van der Waals surface area contributed by atoms with Gasteiger partial charge in [-0.15, -0.1) is 11.3 Å². The molecule has 0 fully saturated rings. The van der Waals surface area contributed by atoms with E-state index in [9.17, 15) is 4.79 Å². The molecule has 2 heterocycles. The molecule has 0 aliphatic rings. The van der Waals surface area contributed by atoms with E-state index in [-0.39, 0.29) is 5.91 Å². The second kappa shape index (κ2) is 7.43. The summed E-state index contributed by atoms with van der Waals surface area (Å²) >= 11 is 1.54. The fraction of sp³-hybridized carbons (Fsp3) is 0.200. The average Bonchev–Trinajstić information content (AvgIpc) is 2.98. The molecule has 5 nitrogen and oxygen atoms in total. The van der Waals surface area contributed by atoms with Gasteiger partial charge in [-0.1, -0.05) is 11.8 Å². The normalized spacial score (nSPS) is 9.62. The van der Waals surface area contributed by atoms with Crippen molar-refractivity contribution < 1.29 is 9.53 Å². The molecule has 0 aliphatic carbocycles. The van der Waals surface area contributed by atoms with Crippen molar-refractivity contribution in [2.45, 2.75) is 6.54 Å². The van der Waals surface area contributed by atoms with Crippen LogP contribution in [0.4, 0.5) is 0 Å². The second-order valence-corrected chi connectivity index (χ2v) is 5.05. The quantitative estimate of drug-likeness (QED) is 0.837. The van der Waals surface area contributed by atoms with Crippen LogP contribution in [0.1, 0.15) is 20.8 Å². The number of hydrogen-bond acceptors (Lipinski definition) is 5. The Labute approximate surface area is 127 Å². The number of ether oxygens (including phenoxy) is 1. The van der Waals surface area contributed by atoms with Gasteiger partial charge in [0.05, 0.1) is 20.2 Å². The van der Waals surface area contributed by atoms with E-state index < -0.39 is 0 Å². The number of carbonyl (C=O) groups is 1. The first-order valence-corrected chi connectivity index (χ1v) is 7.16. The summed E-state index contributed by atoms with van der Waals surface area (Å²) in [7, 11) is 1.49. The van der Waals surface area contributed by atoms with Crippen LogP contribution in [0.3, 0.4) is 0 Å². The molecule has 0 atom stereocenters. The number of nitrogens with one attached hydrogen (secondary N) is 1. The van der Waals surface area contributed by atoms with Gasteiger partial charge in [0.15, 0.2) is 0 Å². The lowest BCUT2D eigenvalue weighted by Crippen LogP contribution is -2.23. The average molecular weight is 301 g/mol. The van der Waals surface area contributed by atoms with Crippen LogP contribution in [0.5, 0.6) is 5.88 Å². The molecular weight excluding hydrogens is 286 g/mol. The summed E-state index contributed by atoms with van der Waals surface area (Å²) in [6.45, 7) is 0.772. The van der Waals surface area contributed by atoms with Crippen molar-refractivity contribution >= 4 is 17.2 Å². The maximum Gasteiger partial charge on any atom is 0.257 e. The van der Waals surface area contributed by atoms with Gasteiger partial charge in [-0.25, -0.2) is 4.98 Å². The highest BCUT2D eigenvalue weighted by atomic mass is 32.1. The lowest BCUT2D eigenvalue weighted by Gasteiger charge is -2.07.